The van der Waals surface area contributed by atoms with E-state index < -0.39 is 5.97 Å². The molecular weight excluding hydrogens is 152 g/mol. The van der Waals surface area contributed by atoms with Crippen LogP contribution in [0.2, 0.25) is 0 Å². The molecule has 1 atom stereocenters. The van der Waals surface area contributed by atoms with Gasteiger partial charge < -0.3 is 10.2 Å². The first kappa shape index (κ1) is 9.78. The minimum absolute atomic E-state index is 0.0500. The lowest BCUT2D eigenvalue weighted by molar-refractivity contribution is -0.136. The number of rotatable bonds is 5. The summed E-state index contributed by atoms with van der Waals surface area (Å²) in [6.07, 6.45) is 0.611. The summed E-state index contributed by atoms with van der Waals surface area (Å²) in [4.78, 5) is 10.3. The van der Waals surface area contributed by atoms with Crippen LogP contribution in [0.3, 0.4) is 0 Å². The summed E-state index contributed by atoms with van der Waals surface area (Å²) in [5, 5.41) is 16.5. The lowest BCUT2D eigenvalue weighted by Crippen LogP contribution is -2.15. The molecule has 0 spiro atoms. The van der Waals surface area contributed by atoms with Crippen molar-refractivity contribution >= 4 is 17.7 Å². The predicted molar refractivity (Wildman–Crippen MR) is 41.3 cm³/mol. The maximum Gasteiger partial charge on any atom is 0.316 e. The van der Waals surface area contributed by atoms with E-state index in [0.717, 1.165) is 0 Å². The molecule has 3 nitrogen and oxygen atoms in total. The molecule has 0 heterocycles. The normalized spacial score (nSPS) is 13.0. The number of aliphatic hydroxyl groups is 1. The number of carboxylic acid groups (broad SMARTS) is 1. The Morgan fingerprint density at radius 1 is 1.70 bits per heavy atom. The summed E-state index contributed by atoms with van der Waals surface area (Å²) in [5.74, 6) is -0.286. The molecule has 0 aliphatic carbocycles. The summed E-state index contributed by atoms with van der Waals surface area (Å²) < 4.78 is 0. The van der Waals surface area contributed by atoms with Crippen LogP contribution in [0.4, 0.5) is 0 Å². The smallest absolute Gasteiger partial charge is 0.316 e. The van der Waals surface area contributed by atoms with Gasteiger partial charge in [0.25, 0.3) is 0 Å². The van der Waals surface area contributed by atoms with Crippen LogP contribution >= 0.6 is 11.8 Å². The Bertz CT molecular complexity index is 105. The molecule has 0 aromatic carbocycles. The van der Waals surface area contributed by atoms with Crippen molar-refractivity contribution < 1.29 is 15.0 Å². The summed E-state index contributed by atoms with van der Waals surface area (Å²) in [5.41, 5.74) is 0. The Hall–Kier alpha value is -0.220. The fourth-order valence-electron chi connectivity index (χ4n) is 0.559. The Kier molecular flexibility index (Phi) is 5.43. The minimum Gasteiger partial charge on any atom is -0.480 e. The highest BCUT2D eigenvalue weighted by molar-refractivity contribution is 8.00. The van der Waals surface area contributed by atoms with Crippen molar-refractivity contribution in [1.29, 1.82) is 0 Å². The monoisotopic (exact) mass is 164 g/mol. The van der Waals surface area contributed by atoms with Gasteiger partial charge in [-0.1, -0.05) is 6.92 Å². The van der Waals surface area contributed by atoms with Gasteiger partial charge >= 0.3 is 5.97 Å². The molecule has 10 heavy (non-hydrogen) atoms. The van der Waals surface area contributed by atoms with Gasteiger partial charge in [0.2, 0.25) is 0 Å². The zero-order valence-corrected chi connectivity index (χ0v) is 6.73. The quantitative estimate of drug-likeness (QED) is 0.624. The fourth-order valence-corrected chi connectivity index (χ4v) is 1.33. The van der Waals surface area contributed by atoms with Crippen LogP contribution in [0.1, 0.15) is 13.3 Å². The first-order chi connectivity index (χ1) is 4.72. The number of carboxylic acids is 1. The van der Waals surface area contributed by atoms with E-state index in [0.29, 0.717) is 12.2 Å². The standard InChI is InChI=1S/C6H12O3S/c1-2-5(6(8)9)10-4-3-7/h5,7H,2-4H2,1H3,(H,8,9). The topological polar surface area (TPSA) is 57.5 Å². The van der Waals surface area contributed by atoms with Gasteiger partial charge in [0.15, 0.2) is 0 Å². The van der Waals surface area contributed by atoms with Crippen molar-refractivity contribution in [2.24, 2.45) is 0 Å². The molecule has 2 N–H and O–H groups in total. The third-order valence-corrected chi connectivity index (χ3v) is 2.41. The van der Waals surface area contributed by atoms with E-state index in [1.165, 1.54) is 11.8 Å². The Morgan fingerprint density at radius 3 is 2.60 bits per heavy atom. The lowest BCUT2D eigenvalue weighted by Gasteiger charge is -2.06. The molecular formula is C6H12O3S. The summed E-state index contributed by atoms with van der Waals surface area (Å²) in [7, 11) is 0. The molecule has 0 amide bonds. The van der Waals surface area contributed by atoms with Crippen molar-refractivity contribution in [1.82, 2.24) is 0 Å². The van der Waals surface area contributed by atoms with E-state index in [1.807, 2.05) is 6.92 Å². The van der Waals surface area contributed by atoms with Gasteiger partial charge in [0.05, 0.1) is 6.61 Å². The lowest BCUT2D eigenvalue weighted by atomic mass is 10.3. The maximum atomic E-state index is 10.3. The molecule has 60 valence electrons. The van der Waals surface area contributed by atoms with Crippen LogP contribution in [0.25, 0.3) is 0 Å². The van der Waals surface area contributed by atoms with Crippen molar-refractivity contribution in [2.45, 2.75) is 18.6 Å². The van der Waals surface area contributed by atoms with Gasteiger partial charge in [0.1, 0.15) is 5.25 Å². The highest BCUT2D eigenvalue weighted by Crippen LogP contribution is 2.13. The molecule has 0 aliphatic rings. The van der Waals surface area contributed by atoms with Crippen LogP contribution in [-0.2, 0) is 4.79 Å². The zero-order chi connectivity index (χ0) is 7.98. The van der Waals surface area contributed by atoms with Crippen LogP contribution in [0, 0.1) is 0 Å². The van der Waals surface area contributed by atoms with E-state index in [4.69, 9.17) is 10.2 Å². The predicted octanol–water partition coefficient (Wildman–Crippen LogP) is 0.575. The molecule has 0 rings (SSSR count). The van der Waals surface area contributed by atoms with Crippen molar-refractivity contribution in [2.75, 3.05) is 12.4 Å². The molecule has 0 aromatic heterocycles. The van der Waals surface area contributed by atoms with E-state index in [-0.39, 0.29) is 11.9 Å². The average molecular weight is 164 g/mol. The number of aliphatic hydroxyl groups excluding tert-OH is 1. The highest BCUT2D eigenvalue weighted by atomic mass is 32.2. The number of thioether (sulfide) groups is 1. The largest absolute Gasteiger partial charge is 0.480 e. The van der Waals surface area contributed by atoms with Gasteiger partial charge in [0, 0.05) is 5.75 Å². The summed E-state index contributed by atoms with van der Waals surface area (Å²) >= 11 is 1.28. The fraction of sp³-hybridized carbons (Fsp3) is 0.833. The van der Waals surface area contributed by atoms with Gasteiger partial charge in [-0.05, 0) is 6.42 Å². The molecule has 4 heteroatoms. The number of hydrogen-bond donors (Lipinski definition) is 2. The molecule has 0 fully saturated rings. The molecule has 0 aliphatic heterocycles. The maximum absolute atomic E-state index is 10.3. The van der Waals surface area contributed by atoms with Crippen molar-refractivity contribution in [3.8, 4) is 0 Å². The van der Waals surface area contributed by atoms with E-state index in [1.54, 1.807) is 0 Å². The Morgan fingerprint density at radius 2 is 2.30 bits per heavy atom. The van der Waals surface area contributed by atoms with E-state index in [2.05, 4.69) is 0 Å². The van der Waals surface area contributed by atoms with Gasteiger partial charge in [-0.15, -0.1) is 11.8 Å². The van der Waals surface area contributed by atoms with Gasteiger partial charge in [-0.2, -0.15) is 0 Å². The summed E-state index contributed by atoms with van der Waals surface area (Å²) in [6, 6.07) is 0. The number of hydrogen-bond acceptors (Lipinski definition) is 3. The van der Waals surface area contributed by atoms with Crippen LogP contribution in [0.15, 0.2) is 0 Å². The average Bonchev–Trinajstić information content (AvgIpc) is 1.89. The molecule has 1 unspecified atom stereocenters. The van der Waals surface area contributed by atoms with Crippen LogP contribution in [-0.4, -0.2) is 33.8 Å². The molecule has 0 radical (unpaired) electrons. The third-order valence-electron chi connectivity index (χ3n) is 1.06. The first-order valence-electron chi connectivity index (χ1n) is 3.17. The van der Waals surface area contributed by atoms with Crippen molar-refractivity contribution in [3.63, 3.8) is 0 Å². The summed E-state index contributed by atoms with van der Waals surface area (Å²) in [6.45, 7) is 1.87. The van der Waals surface area contributed by atoms with Crippen LogP contribution < -0.4 is 0 Å². The zero-order valence-electron chi connectivity index (χ0n) is 5.91. The van der Waals surface area contributed by atoms with E-state index >= 15 is 0 Å². The minimum atomic E-state index is -0.791. The molecule has 0 aromatic rings. The molecule has 0 saturated carbocycles. The second kappa shape index (κ2) is 5.56. The second-order valence-corrected chi connectivity index (χ2v) is 3.14. The number of aliphatic carboxylic acids is 1. The molecule has 0 bridgehead atoms. The van der Waals surface area contributed by atoms with Crippen molar-refractivity contribution in [3.05, 3.63) is 0 Å². The van der Waals surface area contributed by atoms with Crippen LogP contribution in [0.5, 0.6) is 0 Å². The van der Waals surface area contributed by atoms with Gasteiger partial charge in [-0.3, -0.25) is 4.79 Å². The van der Waals surface area contributed by atoms with E-state index in [9.17, 15) is 4.79 Å². The first-order valence-corrected chi connectivity index (χ1v) is 4.22. The highest BCUT2D eigenvalue weighted by Gasteiger charge is 2.13. The Balaban J connectivity index is 3.50. The number of carbonyl (C=O) groups is 1. The SMILES string of the molecule is CCC(SCCO)C(=O)O. The van der Waals surface area contributed by atoms with Gasteiger partial charge in [-0.25, -0.2) is 0 Å². The second-order valence-electron chi connectivity index (χ2n) is 1.83. The molecule has 0 saturated heterocycles. The Labute approximate surface area is 64.4 Å². The third kappa shape index (κ3) is 3.74.